The molecule has 2 heterocycles. The number of esters is 1. The summed E-state index contributed by atoms with van der Waals surface area (Å²) in [5.41, 5.74) is 7.31. The number of benzene rings is 2. The zero-order valence-electron chi connectivity index (χ0n) is 15.7. The predicted octanol–water partition coefficient (Wildman–Crippen LogP) is 2.34. The molecular formula is C21H20N2O5. The van der Waals surface area contributed by atoms with E-state index >= 15 is 0 Å². The van der Waals surface area contributed by atoms with Crippen LogP contribution >= 0.6 is 0 Å². The Labute approximate surface area is 162 Å². The normalized spacial score (nSPS) is 20.1. The molecule has 7 heteroatoms. The molecule has 0 radical (unpaired) electrons. The van der Waals surface area contributed by atoms with Gasteiger partial charge in [0.15, 0.2) is 5.60 Å². The topological polar surface area (TPSA) is 102 Å². The summed E-state index contributed by atoms with van der Waals surface area (Å²) < 4.78 is 10.7. The number of nitrogens with zero attached hydrogens (tertiary/aromatic N) is 1. The molecule has 2 aliphatic rings. The summed E-state index contributed by atoms with van der Waals surface area (Å²) in [5.74, 6) is -1.34. The Hall–Kier alpha value is -3.19. The molecule has 144 valence electrons. The number of hydrogen-bond donors (Lipinski definition) is 1. The lowest BCUT2D eigenvalue weighted by molar-refractivity contribution is -0.140. The summed E-state index contributed by atoms with van der Waals surface area (Å²) in [6.07, 6.45) is 0.481. The Bertz CT molecular complexity index is 1010. The molecular weight excluding hydrogens is 360 g/mol. The molecule has 2 amide bonds. The zero-order valence-corrected chi connectivity index (χ0v) is 15.7. The lowest BCUT2D eigenvalue weighted by Gasteiger charge is -2.21. The Morgan fingerprint density at radius 2 is 1.96 bits per heavy atom. The maximum absolute atomic E-state index is 12.8. The number of anilines is 1. The van der Waals surface area contributed by atoms with Crippen molar-refractivity contribution in [3.05, 3.63) is 58.7 Å². The average Bonchev–Trinajstić information content (AvgIpc) is 3.41. The molecule has 7 nitrogen and oxygen atoms in total. The van der Waals surface area contributed by atoms with E-state index in [1.54, 1.807) is 24.0 Å². The summed E-state index contributed by atoms with van der Waals surface area (Å²) in [6.45, 7) is 4.21. The molecule has 1 unspecified atom stereocenters. The molecule has 28 heavy (non-hydrogen) atoms. The second-order valence-corrected chi connectivity index (χ2v) is 7.02. The van der Waals surface area contributed by atoms with Crippen LogP contribution in [0.2, 0.25) is 0 Å². The molecule has 0 spiro atoms. The number of hydrogen-bond acceptors (Lipinski definition) is 5. The number of carbonyl (C=O) groups is 3. The van der Waals surface area contributed by atoms with Crippen LogP contribution in [0, 0.1) is 6.92 Å². The lowest BCUT2D eigenvalue weighted by atomic mass is 10.0. The van der Waals surface area contributed by atoms with Gasteiger partial charge in [-0.05, 0) is 42.7 Å². The number of carbonyl (C=O) groups excluding carboxylic acids is 3. The summed E-state index contributed by atoms with van der Waals surface area (Å²) in [6, 6.07) is 10.5. The van der Waals surface area contributed by atoms with Crippen LogP contribution in [0.5, 0.6) is 5.75 Å². The number of ether oxygens (including phenoxy) is 2. The highest BCUT2D eigenvalue weighted by Crippen LogP contribution is 2.37. The van der Waals surface area contributed by atoms with Gasteiger partial charge in [0.05, 0.1) is 18.7 Å². The van der Waals surface area contributed by atoms with Crippen LogP contribution in [-0.2, 0) is 16.1 Å². The van der Waals surface area contributed by atoms with Crippen LogP contribution in [0.15, 0.2) is 36.4 Å². The fourth-order valence-corrected chi connectivity index (χ4v) is 3.55. The van der Waals surface area contributed by atoms with E-state index in [-0.39, 0.29) is 17.2 Å². The molecule has 0 aromatic heterocycles. The quantitative estimate of drug-likeness (QED) is 0.487. The number of rotatable bonds is 5. The number of amides is 2. The first-order valence-electron chi connectivity index (χ1n) is 9.07. The van der Waals surface area contributed by atoms with Crippen molar-refractivity contribution in [2.75, 3.05) is 11.5 Å². The highest BCUT2D eigenvalue weighted by Gasteiger charge is 2.52. The maximum atomic E-state index is 12.8. The standard InChI is InChI=1S/C21H20N2O5/c1-3-21(11-27-21)20(26)28-16-9-8-15(12(2)17(16)18(22)24)23-10-13-6-4-5-7-14(13)19(23)25/h4-9H,3,10-11H2,1-2H3,(H2,22,24). The molecule has 2 aromatic carbocycles. The Kier molecular flexibility index (Phi) is 4.19. The van der Waals surface area contributed by atoms with E-state index in [4.69, 9.17) is 15.2 Å². The van der Waals surface area contributed by atoms with E-state index in [1.807, 2.05) is 25.1 Å². The van der Waals surface area contributed by atoms with E-state index in [0.717, 1.165) is 5.56 Å². The largest absolute Gasteiger partial charge is 0.423 e. The van der Waals surface area contributed by atoms with Crippen molar-refractivity contribution in [2.24, 2.45) is 5.73 Å². The van der Waals surface area contributed by atoms with Gasteiger partial charge >= 0.3 is 5.97 Å². The number of nitrogens with two attached hydrogens (primary N) is 1. The molecule has 0 saturated carbocycles. The number of primary amides is 1. The smallest absolute Gasteiger partial charge is 0.346 e. The zero-order chi connectivity index (χ0) is 20.1. The van der Waals surface area contributed by atoms with Gasteiger partial charge in [-0.25, -0.2) is 4.79 Å². The third-order valence-electron chi connectivity index (χ3n) is 5.40. The minimum atomic E-state index is -0.936. The SMILES string of the molecule is CCC1(C(=O)Oc2ccc(N3Cc4ccccc4C3=O)c(C)c2C(N)=O)CO1. The summed E-state index contributed by atoms with van der Waals surface area (Å²) >= 11 is 0. The molecule has 2 N–H and O–H groups in total. The van der Waals surface area contributed by atoms with Crippen molar-refractivity contribution in [1.29, 1.82) is 0 Å². The lowest BCUT2D eigenvalue weighted by Crippen LogP contribution is -2.30. The fraction of sp³-hybridized carbons (Fsp3) is 0.286. The third-order valence-corrected chi connectivity index (χ3v) is 5.40. The minimum absolute atomic E-state index is 0.0752. The van der Waals surface area contributed by atoms with Crippen molar-refractivity contribution in [3.8, 4) is 5.75 Å². The van der Waals surface area contributed by atoms with Crippen molar-refractivity contribution in [2.45, 2.75) is 32.4 Å². The second kappa shape index (κ2) is 6.45. The Morgan fingerprint density at radius 3 is 2.57 bits per heavy atom. The molecule has 0 aliphatic carbocycles. The van der Waals surface area contributed by atoms with Crippen LogP contribution in [0.25, 0.3) is 0 Å². The van der Waals surface area contributed by atoms with E-state index in [0.29, 0.717) is 36.4 Å². The van der Waals surface area contributed by atoms with Crippen LogP contribution in [0.4, 0.5) is 5.69 Å². The van der Waals surface area contributed by atoms with E-state index < -0.39 is 17.5 Å². The van der Waals surface area contributed by atoms with Crippen LogP contribution < -0.4 is 15.4 Å². The maximum Gasteiger partial charge on any atom is 0.346 e. The van der Waals surface area contributed by atoms with Gasteiger partial charge in [0.25, 0.3) is 11.8 Å². The van der Waals surface area contributed by atoms with Crippen LogP contribution in [0.1, 0.15) is 45.2 Å². The van der Waals surface area contributed by atoms with Gasteiger partial charge in [0, 0.05) is 11.3 Å². The first-order valence-corrected chi connectivity index (χ1v) is 9.07. The van der Waals surface area contributed by atoms with Crippen molar-refractivity contribution >= 4 is 23.5 Å². The molecule has 4 rings (SSSR count). The fourth-order valence-electron chi connectivity index (χ4n) is 3.55. The minimum Gasteiger partial charge on any atom is -0.423 e. The first-order chi connectivity index (χ1) is 13.4. The van der Waals surface area contributed by atoms with Crippen molar-refractivity contribution < 1.29 is 23.9 Å². The van der Waals surface area contributed by atoms with Gasteiger partial charge in [0.2, 0.25) is 0 Å². The first kappa shape index (κ1) is 18.2. The van der Waals surface area contributed by atoms with E-state index in [9.17, 15) is 14.4 Å². The summed E-state index contributed by atoms with van der Waals surface area (Å²) in [4.78, 5) is 38.9. The van der Waals surface area contributed by atoms with Gasteiger partial charge < -0.3 is 20.1 Å². The van der Waals surface area contributed by atoms with Gasteiger partial charge in [-0.15, -0.1) is 0 Å². The van der Waals surface area contributed by atoms with Gasteiger partial charge in [0.1, 0.15) is 5.75 Å². The second-order valence-electron chi connectivity index (χ2n) is 7.02. The molecule has 0 bridgehead atoms. The van der Waals surface area contributed by atoms with Crippen molar-refractivity contribution in [1.82, 2.24) is 0 Å². The Balaban J connectivity index is 1.70. The molecule has 1 atom stereocenters. The van der Waals surface area contributed by atoms with Crippen molar-refractivity contribution in [3.63, 3.8) is 0 Å². The highest BCUT2D eigenvalue weighted by molar-refractivity contribution is 6.11. The summed E-state index contributed by atoms with van der Waals surface area (Å²) in [5, 5.41) is 0. The molecule has 2 aliphatic heterocycles. The monoisotopic (exact) mass is 380 g/mol. The molecule has 1 fully saturated rings. The number of epoxide rings is 1. The molecule has 2 aromatic rings. The Morgan fingerprint density at radius 1 is 1.25 bits per heavy atom. The average molecular weight is 380 g/mol. The number of fused-ring (bicyclic) bond motifs is 1. The van der Waals surface area contributed by atoms with Gasteiger partial charge in [-0.3, -0.25) is 9.59 Å². The summed E-state index contributed by atoms with van der Waals surface area (Å²) in [7, 11) is 0. The highest BCUT2D eigenvalue weighted by atomic mass is 16.6. The van der Waals surface area contributed by atoms with Gasteiger partial charge in [-0.1, -0.05) is 25.1 Å². The van der Waals surface area contributed by atoms with Crippen LogP contribution in [0.3, 0.4) is 0 Å². The van der Waals surface area contributed by atoms with E-state index in [2.05, 4.69) is 0 Å². The van der Waals surface area contributed by atoms with Gasteiger partial charge in [-0.2, -0.15) is 0 Å². The third kappa shape index (κ3) is 2.75. The molecule has 1 saturated heterocycles. The predicted molar refractivity (Wildman–Crippen MR) is 101 cm³/mol. The van der Waals surface area contributed by atoms with Crippen LogP contribution in [-0.4, -0.2) is 30.0 Å². The van der Waals surface area contributed by atoms with E-state index in [1.165, 1.54) is 6.07 Å².